The van der Waals surface area contributed by atoms with Crippen molar-refractivity contribution in [3.63, 3.8) is 0 Å². The van der Waals surface area contributed by atoms with Crippen LogP contribution in [0.1, 0.15) is 27.2 Å². The Bertz CT molecular complexity index is 191. The van der Waals surface area contributed by atoms with Crippen molar-refractivity contribution in [1.82, 2.24) is 0 Å². The Balaban J connectivity index is 2.62. The van der Waals surface area contributed by atoms with E-state index in [0.717, 1.165) is 13.0 Å². The second kappa shape index (κ2) is 3.22. The molecule has 0 heterocycles. The summed E-state index contributed by atoms with van der Waals surface area (Å²) in [4.78, 5) is 0. The topological polar surface area (TPSA) is 9.23 Å². The van der Waals surface area contributed by atoms with Crippen molar-refractivity contribution >= 4 is 0 Å². The molecule has 11 heavy (non-hydrogen) atoms. The van der Waals surface area contributed by atoms with E-state index in [1.807, 2.05) is 6.92 Å². The maximum Gasteiger partial charge on any atom is 0.0874 e. The molecule has 1 aliphatic carbocycles. The van der Waals surface area contributed by atoms with Crippen LogP contribution in [0.5, 0.6) is 0 Å². The van der Waals surface area contributed by atoms with Gasteiger partial charge in [0.25, 0.3) is 0 Å². The van der Waals surface area contributed by atoms with Crippen LogP contribution in [-0.2, 0) is 4.74 Å². The molecule has 0 saturated carbocycles. The van der Waals surface area contributed by atoms with E-state index in [9.17, 15) is 0 Å². The first-order valence-corrected chi connectivity index (χ1v) is 4.15. The van der Waals surface area contributed by atoms with Crippen LogP contribution >= 0.6 is 0 Å². The molecule has 1 aliphatic rings. The van der Waals surface area contributed by atoms with Gasteiger partial charge < -0.3 is 4.74 Å². The van der Waals surface area contributed by atoms with E-state index < -0.39 is 0 Å². The van der Waals surface area contributed by atoms with Gasteiger partial charge in [0.2, 0.25) is 0 Å². The minimum atomic E-state index is -0.0480. The molecule has 0 aromatic heterocycles. The van der Waals surface area contributed by atoms with Gasteiger partial charge in [0.05, 0.1) is 5.60 Å². The van der Waals surface area contributed by atoms with E-state index >= 15 is 0 Å². The minimum Gasteiger partial charge on any atom is -0.371 e. The van der Waals surface area contributed by atoms with Gasteiger partial charge >= 0.3 is 0 Å². The standard InChI is InChI=1S/C10H16O/c1-4-11-10(3)7-5-6-9(2)8-10/h5-7H,4,8H2,1-3H3. The van der Waals surface area contributed by atoms with Crippen molar-refractivity contribution in [3.8, 4) is 0 Å². The highest BCUT2D eigenvalue weighted by Gasteiger charge is 2.22. The molecule has 0 aliphatic heterocycles. The monoisotopic (exact) mass is 152 g/mol. The maximum atomic E-state index is 5.61. The summed E-state index contributed by atoms with van der Waals surface area (Å²) in [6.07, 6.45) is 7.37. The van der Waals surface area contributed by atoms with Crippen molar-refractivity contribution < 1.29 is 4.74 Å². The average molecular weight is 152 g/mol. The van der Waals surface area contributed by atoms with Crippen LogP contribution < -0.4 is 0 Å². The van der Waals surface area contributed by atoms with E-state index in [0.29, 0.717) is 0 Å². The summed E-state index contributed by atoms with van der Waals surface area (Å²) in [5.41, 5.74) is 1.34. The Morgan fingerprint density at radius 2 is 2.36 bits per heavy atom. The highest BCUT2D eigenvalue weighted by atomic mass is 16.5. The van der Waals surface area contributed by atoms with Crippen molar-refractivity contribution in [2.24, 2.45) is 0 Å². The van der Waals surface area contributed by atoms with Crippen molar-refractivity contribution in [1.29, 1.82) is 0 Å². The molecular formula is C10H16O. The van der Waals surface area contributed by atoms with Gasteiger partial charge in [-0.15, -0.1) is 0 Å². The fourth-order valence-corrected chi connectivity index (χ4v) is 1.52. The smallest absolute Gasteiger partial charge is 0.0874 e. The van der Waals surface area contributed by atoms with Crippen molar-refractivity contribution in [3.05, 3.63) is 23.8 Å². The molecule has 1 rings (SSSR count). The molecule has 0 saturated heterocycles. The first-order chi connectivity index (χ1) is 5.16. The summed E-state index contributed by atoms with van der Waals surface area (Å²) >= 11 is 0. The lowest BCUT2D eigenvalue weighted by molar-refractivity contribution is 0.0133. The Morgan fingerprint density at radius 1 is 1.64 bits per heavy atom. The maximum absolute atomic E-state index is 5.61. The minimum absolute atomic E-state index is 0.0480. The van der Waals surface area contributed by atoms with E-state index in [-0.39, 0.29) is 5.60 Å². The zero-order valence-electron chi connectivity index (χ0n) is 7.55. The second-order valence-corrected chi connectivity index (χ2v) is 3.29. The molecule has 0 aromatic carbocycles. The highest BCUT2D eigenvalue weighted by molar-refractivity contribution is 5.23. The fraction of sp³-hybridized carbons (Fsp3) is 0.600. The van der Waals surface area contributed by atoms with Crippen LogP contribution in [-0.4, -0.2) is 12.2 Å². The zero-order valence-corrected chi connectivity index (χ0v) is 7.55. The summed E-state index contributed by atoms with van der Waals surface area (Å²) in [6.45, 7) is 7.09. The number of allylic oxidation sites excluding steroid dienone is 2. The number of hydrogen-bond donors (Lipinski definition) is 0. The molecule has 0 spiro atoms. The molecule has 1 heteroatoms. The molecule has 1 unspecified atom stereocenters. The Labute approximate surface area is 68.8 Å². The molecular weight excluding hydrogens is 136 g/mol. The van der Waals surface area contributed by atoms with Gasteiger partial charge in [-0.1, -0.05) is 23.8 Å². The molecule has 0 N–H and O–H groups in total. The molecule has 0 radical (unpaired) electrons. The molecule has 1 atom stereocenters. The van der Waals surface area contributed by atoms with E-state index in [1.54, 1.807) is 0 Å². The van der Waals surface area contributed by atoms with Crippen molar-refractivity contribution in [2.75, 3.05) is 6.61 Å². The van der Waals surface area contributed by atoms with Gasteiger partial charge in [-0.25, -0.2) is 0 Å². The summed E-state index contributed by atoms with van der Waals surface area (Å²) in [5.74, 6) is 0. The number of hydrogen-bond acceptors (Lipinski definition) is 1. The molecule has 0 bridgehead atoms. The average Bonchev–Trinajstić information content (AvgIpc) is 1.86. The summed E-state index contributed by atoms with van der Waals surface area (Å²) in [6, 6.07) is 0. The zero-order chi connectivity index (χ0) is 8.32. The predicted octanol–water partition coefficient (Wildman–Crippen LogP) is 2.69. The van der Waals surface area contributed by atoms with Gasteiger partial charge in [0.15, 0.2) is 0 Å². The normalized spacial score (nSPS) is 30.3. The third-order valence-electron chi connectivity index (χ3n) is 1.93. The first-order valence-electron chi connectivity index (χ1n) is 4.15. The number of rotatable bonds is 2. The van der Waals surface area contributed by atoms with Crippen LogP contribution in [0.15, 0.2) is 23.8 Å². The van der Waals surface area contributed by atoms with Gasteiger partial charge in [0.1, 0.15) is 0 Å². The number of ether oxygens (including phenoxy) is 1. The van der Waals surface area contributed by atoms with Crippen LogP contribution in [0.2, 0.25) is 0 Å². The lowest BCUT2D eigenvalue weighted by Gasteiger charge is -2.28. The highest BCUT2D eigenvalue weighted by Crippen LogP contribution is 2.25. The fourth-order valence-electron chi connectivity index (χ4n) is 1.52. The van der Waals surface area contributed by atoms with Gasteiger partial charge in [-0.05, 0) is 20.8 Å². The third-order valence-corrected chi connectivity index (χ3v) is 1.93. The third kappa shape index (κ3) is 2.19. The summed E-state index contributed by atoms with van der Waals surface area (Å²) in [7, 11) is 0. The summed E-state index contributed by atoms with van der Waals surface area (Å²) in [5, 5.41) is 0. The quantitative estimate of drug-likeness (QED) is 0.591. The molecule has 0 amide bonds. The summed E-state index contributed by atoms with van der Waals surface area (Å²) < 4.78 is 5.61. The lowest BCUT2D eigenvalue weighted by Crippen LogP contribution is -2.27. The van der Waals surface area contributed by atoms with Crippen LogP contribution in [0.3, 0.4) is 0 Å². The Hall–Kier alpha value is -0.560. The molecule has 0 aromatic rings. The molecule has 62 valence electrons. The van der Waals surface area contributed by atoms with Gasteiger partial charge in [0, 0.05) is 13.0 Å². The lowest BCUT2D eigenvalue weighted by atomic mass is 9.92. The Kier molecular flexibility index (Phi) is 2.50. The first kappa shape index (κ1) is 8.54. The van der Waals surface area contributed by atoms with Crippen molar-refractivity contribution in [2.45, 2.75) is 32.8 Å². The molecule has 0 fully saturated rings. The largest absolute Gasteiger partial charge is 0.371 e. The molecule has 1 nitrogen and oxygen atoms in total. The SMILES string of the molecule is CCOC1(C)C=CC=C(C)C1. The van der Waals surface area contributed by atoms with Gasteiger partial charge in [-0.3, -0.25) is 0 Å². The second-order valence-electron chi connectivity index (χ2n) is 3.29. The predicted molar refractivity (Wildman–Crippen MR) is 47.5 cm³/mol. The Morgan fingerprint density at radius 3 is 2.91 bits per heavy atom. The van der Waals surface area contributed by atoms with Crippen LogP contribution in [0, 0.1) is 0 Å². The van der Waals surface area contributed by atoms with E-state index in [1.165, 1.54) is 5.57 Å². The van der Waals surface area contributed by atoms with E-state index in [2.05, 4.69) is 32.1 Å². The van der Waals surface area contributed by atoms with E-state index in [4.69, 9.17) is 4.74 Å². The van der Waals surface area contributed by atoms with Crippen LogP contribution in [0.4, 0.5) is 0 Å². The van der Waals surface area contributed by atoms with Gasteiger partial charge in [-0.2, -0.15) is 0 Å². The van der Waals surface area contributed by atoms with Crippen LogP contribution in [0.25, 0.3) is 0 Å².